The molecule has 0 bridgehead atoms. The Morgan fingerprint density at radius 1 is 1.00 bits per heavy atom. The van der Waals surface area contributed by atoms with E-state index < -0.39 is 0 Å². The van der Waals surface area contributed by atoms with Gasteiger partial charge in [0.25, 0.3) is 0 Å². The number of rotatable bonds is 6. The lowest BCUT2D eigenvalue weighted by atomic mass is 9.92. The predicted octanol–water partition coefficient (Wildman–Crippen LogP) is 5.90. The van der Waals surface area contributed by atoms with Gasteiger partial charge in [0, 0.05) is 17.8 Å². The zero-order chi connectivity index (χ0) is 19.4. The molecule has 3 rings (SSSR count). The van der Waals surface area contributed by atoms with Gasteiger partial charge in [-0.05, 0) is 35.8 Å². The van der Waals surface area contributed by atoms with Gasteiger partial charge in [-0.1, -0.05) is 70.2 Å². The van der Waals surface area contributed by atoms with Crippen LogP contribution in [0.1, 0.15) is 44.4 Å². The van der Waals surface area contributed by atoms with Crippen molar-refractivity contribution in [2.75, 3.05) is 18.0 Å². The molecule has 0 saturated heterocycles. The highest BCUT2D eigenvalue weighted by atomic mass is 15.2. The molecule has 0 fully saturated rings. The van der Waals surface area contributed by atoms with E-state index in [1.807, 2.05) is 6.07 Å². The Hall–Kier alpha value is -2.60. The van der Waals surface area contributed by atoms with Crippen molar-refractivity contribution >= 4 is 17.2 Å². The second kappa shape index (κ2) is 8.39. The second-order valence-corrected chi connectivity index (χ2v) is 8.14. The number of benzene rings is 2. The minimum Gasteiger partial charge on any atom is -0.324 e. The van der Waals surface area contributed by atoms with E-state index in [9.17, 15) is 0 Å². The molecule has 0 N–H and O–H groups in total. The van der Waals surface area contributed by atoms with E-state index in [2.05, 4.69) is 73.8 Å². The Morgan fingerprint density at radius 3 is 2.11 bits per heavy atom. The average molecular weight is 360 g/mol. The highest BCUT2D eigenvalue weighted by Crippen LogP contribution is 2.36. The van der Waals surface area contributed by atoms with Crippen molar-refractivity contribution in [3.8, 4) is 0 Å². The molecule has 1 aliphatic rings. The second-order valence-electron chi connectivity index (χ2n) is 8.14. The lowest BCUT2D eigenvalue weighted by molar-refractivity contribution is 0.636. The Bertz CT molecular complexity index is 826. The maximum atomic E-state index is 7.54. The van der Waals surface area contributed by atoms with E-state index >= 15 is 0 Å². The standard InChI is InChI=1S/C24H29N3/c1-17(2)13-20-15-22(25-5)16-21(14-18(3)4)23(20)27-12-11-26-24(27)19-9-7-6-8-10-19/h6-10,15-18H,11-14H2,1-4H3. The first-order valence-electron chi connectivity index (χ1n) is 9.90. The minimum absolute atomic E-state index is 0.538. The largest absolute Gasteiger partial charge is 0.324 e. The van der Waals surface area contributed by atoms with Crippen molar-refractivity contribution < 1.29 is 0 Å². The molecular weight excluding hydrogens is 330 g/mol. The van der Waals surface area contributed by atoms with Crippen molar-refractivity contribution in [2.45, 2.75) is 40.5 Å². The zero-order valence-corrected chi connectivity index (χ0v) is 16.9. The third-order valence-electron chi connectivity index (χ3n) is 4.78. The summed E-state index contributed by atoms with van der Waals surface area (Å²) in [4.78, 5) is 11.0. The Labute approximate surface area is 163 Å². The Balaban J connectivity index is 2.14. The molecule has 2 aromatic carbocycles. The Morgan fingerprint density at radius 2 is 1.59 bits per heavy atom. The number of amidine groups is 1. The third kappa shape index (κ3) is 4.39. The zero-order valence-electron chi connectivity index (χ0n) is 16.9. The smallest absolute Gasteiger partial charge is 0.187 e. The number of nitrogens with zero attached hydrogens (tertiary/aromatic N) is 3. The van der Waals surface area contributed by atoms with E-state index in [1.165, 1.54) is 16.8 Å². The molecule has 0 aromatic heterocycles. The van der Waals surface area contributed by atoms with Gasteiger partial charge in [-0.3, -0.25) is 4.99 Å². The third-order valence-corrected chi connectivity index (χ3v) is 4.78. The summed E-state index contributed by atoms with van der Waals surface area (Å²) in [6, 6.07) is 14.6. The molecule has 1 aliphatic heterocycles. The van der Waals surface area contributed by atoms with Crippen LogP contribution in [0.3, 0.4) is 0 Å². The van der Waals surface area contributed by atoms with Crippen LogP contribution < -0.4 is 4.90 Å². The number of hydrogen-bond donors (Lipinski definition) is 0. The SMILES string of the molecule is [C-]#[N+]c1cc(CC(C)C)c(N2CCN=C2c2ccccc2)c(CC(C)C)c1. The van der Waals surface area contributed by atoms with Gasteiger partial charge in [0.15, 0.2) is 5.69 Å². The topological polar surface area (TPSA) is 20.0 Å². The van der Waals surface area contributed by atoms with Gasteiger partial charge in [0.2, 0.25) is 0 Å². The van der Waals surface area contributed by atoms with Crippen LogP contribution >= 0.6 is 0 Å². The first-order valence-corrected chi connectivity index (χ1v) is 9.90. The molecule has 0 spiro atoms. The fourth-order valence-corrected chi connectivity index (χ4v) is 3.84. The fraction of sp³-hybridized carbons (Fsp3) is 0.417. The molecule has 0 aliphatic carbocycles. The van der Waals surface area contributed by atoms with E-state index in [0.29, 0.717) is 11.8 Å². The van der Waals surface area contributed by atoms with Gasteiger partial charge in [0.05, 0.1) is 13.1 Å². The maximum Gasteiger partial charge on any atom is 0.187 e. The molecule has 0 radical (unpaired) electrons. The van der Waals surface area contributed by atoms with Crippen molar-refractivity contribution in [1.82, 2.24) is 0 Å². The quantitative estimate of drug-likeness (QED) is 0.588. The molecular formula is C24H29N3. The normalized spacial score (nSPS) is 14.0. The van der Waals surface area contributed by atoms with E-state index in [1.54, 1.807) is 0 Å². The van der Waals surface area contributed by atoms with Gasteiger partial charge in [-0.2, -0.15) is 0 Å². The first-order chi connectivity index (χ1) is 13.0. The number of hydrogen-bond acceptors (Lipinski definition) is 2. The van der Waals surface area contributed by atoms with E-state index in [0.717, 1.165) is 43.0 Å². The van der Waals surface area contributed by atoms with Crippen LogP contribution in [0.15, 0.2) is 47.5 Å². The molecule has 0 unspecified atom stereocenters. The van der Waals surface area contributed by atoms with Gasteiger partial charge < -0.3 is 4.90 Å². The molecule has 2 aromatic rings. The highest BCUT2D eigenvalue weighted by molar-refractivity contribution is 6.12. The van der Waals surface area contributed by atoms with E-state index in [4.69, 9.17) is 11.6 Å². The van der Waals surface area contributed by atoms with Crippen LogP contribution in [0.25, 0.3) is 4.85 Å². The molecule has 0 amide bonds. The maximum absolute atomic E-state index is 7.54. The van der Waals surface area contributed by atoms with E-state index in [-0.39, 0.29) is 0 Å². The minimum atomic E-state index is 0.538. The predicted molar refractivity (Wildman–Crippen MR) is 115 cm³/mol. The van der Waals surface area contributed by atoms with Gasteiger partial charge in [-0.15, -0.1) is 0 Å². The summed E-state index contributed by atoms with van der Waals surface area (Å²) < 4.78 is 0. The highest BCUT2D eigenvalue weighted by Gasteiger charge is 2.26. The molecule has 1 heterocycles. The summed E-state index contributed by atoms with van der Waals surface area (Å²) in [6.45, 7) is 18.2. The average Bonchev–Trinajstić information content (AvgIpc) is 3.10. The van der Waals surface area contributed by atoms with Crippen LogP contribution in [-0.4, -0.2) is 18.9 Å². The van der Waals surface area contributed by atoms with Crippen LogP contribution in [-0.2, 0) is 12.8 Å². The van der Waals surface area contributed by atoms with Gasteiger partial charge in [-0.25, -0.2) is 4.85 Å². The summed E-state index contributed by atoms with van der Waals surface area (Å²) in [7, 11) is 0. The first kappa shape index (κ1) is 19.2. The molecule has 0 atom stereocenters. The lowest BCUT2D eigenvalue weighted by Crippen LogP contribution is -2.30. The van der Waals surface area contributed by atoms with Crippen LogP contribution in [0.2, 0.25) is 0 Å². The molecule has 140 valence electrons. The van der Waals surface area contributed by atoms with Crippen LogP contribution in [0, 0.1) is 18.4 Å². The fourth-order valence-electron chi connectivity index (χ4n) is 3.84. The molecule has 0 saturated carbocycles. The molecule has 27 heavy (non-hydrogen) atoms. The lowest BCUT2D eigenvalue weighted by Gasteiger charge is -2.28. The van der Waals surface area contributed by atoms with Gasteiger partial charge >= 0.3 is 0 Å². The summed E-state index contributed by atoms with van der Waals surface area (Å²) in [5.74, 6) is 2.13. The van der Waals surface area contributed by atoms with Crippen LogP contribution in [0.5, 0.6) is 0 Å². The van der Waals surface area contributed by atoms with Crippen molar-refractivity contribution in [3.05, 3.63) is 70.6 Å². The summed E-state index contributed by atoms with van der Waals surface area (Å²) in [5.41, 5.74) is 5.75. The monoisotopic (exact) mass is 359 g/mol. The molecule has 3 heteroatoms. The van der Waals surface area contributed by atoms with Crippen molar-refractivity contribution in [1.29, 1.82) is 0 Å². The number of anilines is 1. The van der Waals surface area contributed by atoms with Gasteiger partial charge in [0.1, 0.15) is 5.84 Å². The van der Waals surface area contributed by atoms with Crippen LogP contribution in [0.4, 0.5) is 11.4 Å². The number of aliphatic imine (C=N–C) groups is 1. The van der Waals surface area contributed by atoms with Crippen molar-refractivity contribution in [3.63, 3.8) is 0 Å². The summed E-state index contributed by atoms with van der Waals surface area (Å²) in [5, 5.41) is 0. The van der Waals surface area contributed by atoms with Crippen molar-refractivity contribution in [2.24, 2.45) is 16.8 Å². The summed E-state index contributed by atoms with van der Waals surface area (Å²) in [6.07, 6.45) is 1.95. The Kier molecular flexibility index (Phi) is 5.96. The molecule has 3 nitrogen and oxygen atoms in total. The summed E-state index contributed by atoms with van der Waals surface area (Å²) >= 11 is 0.